The van der Waals surface area contributed by atoms with Crippen molar-refractivity contribution in [3.05, 3.63) is 34.4 Å². The van der Waals surface area contributed by atoms with Gasteiger partial charge in [0.15, 0.2) is 0 Å². The smallest absolute Gasteiger partial charge is 0.00721 e. The van der Waals surface area contributed by atoms with Crippen LogP contribution in [0.5, 0.6) is 0 Å². The van der Waals surface area contributed by atoms with Crippen LogP contribution in [0.3, 0.4) is 0 Å². The molecule has 0 heteroatoms. The average Bonchev–Trinajstić information content (AvgIpc) is 2.13. The van der Waals surface area contributed by atoms with Crippen LogP contribution in [0.1, 0.15) is 63.3 Å². The summed E-state index contributed by atoms with van der Waals surface area (Å²) < 4.78 is 0. The molecule has 1 aromatic rings. The van der Waals surface area contributed by atoms with E-state index in [0.29, 0.717) is 10.8 Å². The van der Waals surface area contributed by atoms with E-state index < -0.39 is 0 Å². The molecule has 1 atom stereocenters. The largest absolute Gasteiger partial charge is 0.0616 e. The van der Waals surface area contributed by atoms with Gasteiger partial charge in [0.2, 0.25) is 0 Å². The van der Waals surface area contributed by atoms with Crippen LogP contribution in [0.4, 0.5) is 0 Å². The minimum Gasteiger partial charge on any atom is -0.0616 e. The van der Waals surface area contributed by atoms with Gasteiger partial charge in [-0.1, -0.05) is 52.3 Å². The number of rotatable bonds is 0. The number of hydrogen-bond donors (Lipinski definition) is 0. The van der Waals surface area contributed by atoms with Gasteiger partial charge in [-0.2, -0.15) is 0 Å². The van der Waals surface area contributed by atoms with E-state index in [9.17, 15) is 0 Å². The topological polar surface area (TPSA) is 0 Å². The van der Waals surface area contributed by atoms with E-state index in [4.69, 9.17) is 0 Å². The van der Waals surface area contributed by atoms with Crippen LogP contribution in [-0.2, 0) is 10.8 Å². The number of benzene rings is 1. The van der Waals surface area contributed by atoms with E-state index in [2.05, 4.69) is 60.6 Å². The molecule has 2 rings (SSSR count). The standard InChI is InChI=1S/C17H26/c1-11-8-12(2)15-14(9-11)16(4,5)10-13(3)17(15,6)7/h8-9,13H,10H2,1-7H3. The van der Waals surface area contributed by atoms with Crippen LogP contribution >= 0.6 is 0 Å². The molecule has 0 aliphatic heterocycles. The van der Waals surface area contributed by atoms with Gasteiger partial charge in [-0.3, -0.25) is 0 Å². The fraction of sp³-hybridized carbons (Fsp3) is 0.647. The van der Waals surface area contributed by atoms with E-state index in [0.717, 1.165) is 5.92 Å². The van der Waals surface area contributed by atoms with Gasteiger partial charge in [-0.05, 0) is 53.7 Å². The van der Waals surface area contributed by atoms with Crippen LogP contribution in [0.2, 0.25) is 0 Å². The molecular formula is C17H26. The summed E-state index contributed by atoms with van der Waals surface area (Å²) in [5.74, 6) is 0.742. The van der Waals surface area contributed by atoms with Crippen LogP contribution < -0.4 is 0 Å². The molecule has 0 radical (unpaired) electrons. The second-order valence-electron chi connectivity index (χ2n) is 7.22. The summed E-state index contributed by atoms with van der Waals surface area (Å²) in [4.78, 5) is 0. The first kappa shape index (κ1) is 12.7. The van der Waals surface area contributed by atoms with Crippen molar-refractivity contribution in [3.8, 4) is 0 Å². The summed E-state index contributed by atoms with van der Waals surface area (Å²) in [6, 6.07) is 4.75. The Kier molecular flexibility index (Phi) is 2.69. The van der Waals surface area contributed by atoms with E-state index in [-0.39, 0.29) is 0 Å². The Bertz CT molecular complexity index is 449. The third-order valence-corrected chi connectivity index (χ3v) is 4.90. The van der Waals surface area contributed by atoms with Gasteiger partial charge in [-0.15, -0.1) is 0 Å². The quantitative estimate of drug-likeness (QED) is 0.595. The maximum atomic E-state index is 2.41. The molecule has 0 spiro atoms. The van der Waals surface area contributed by atoms with Crippen molar-refractivity contribution in [3.63, 3.8) is 0 Å². The van der Waals surface area contributed by atoms with Crippen molar-refractivity contribution >= 4 is 0 Å². The lowest BCUT2D eigenvalue weighted by atomic mass is 9.57. The molecule has 1 aliphatic rings. The van der Waals surface area contributed by atoms with Gasteiger partial charge >= 0.3 is 0 Å². The van der Waals surface area contributed by atoms with Crippen molar-refractivity contribution in [1.82, 2.24) is 0 Å². The summed E-state index contributed by atoms with van der Waals surface area (Å²) in [6.07, 6.45) is 1.29. The summed E-state index contributed by atoms with van der Waals surface area (Å²) in [5, 5.41) is 0. The summed E-state index contributed by atoms with van der Waals surface area (Å²) >= 11 is 0. The van der Waals surface area contributed by atoms with Gasteiger partial charge in [0.25, 0.3) is 0 Å². The van der Waals surface area contributed by atoms with Crippen molar-refractivity contribution in [1.29, 1.82) is 0 Å². The third kappa shape index (κ3) is 1.82. The third-order valence-electron chi connectivity index (χ3n) is 4.90. The highest BCUT2D eigenvalue weighted by atomic mass is 14.5. The molecule has 0 bridgehead atoms. The molecule has 0 saturated heterocycles. The number of aryl methyl sites for hydroxylation is 2. The van der Waals surface area contributed by atoms with Crippen molar-refractivity contribution in [2.24, 2.45) is 5.92 Å². The Balaban J connectivity index is 2.77. The Hall–Kier alpha value is -0.780. The highest BCUT2D eigenvalue weighted by Gasteiger charge is 2.42. The zero-order valence-corrected chi connectivity index (χ0v) is 12.4. The summed E-state index contributed by atoms with van der Waals surface area (Å²) in [7, 11) is 0. The lowest BCUT2D eigenvalue weighted by Crippen LogP contribution is -2.41. The highest BCUT2D eigenvalue weighted by Crippen LogP contribution is 2.50. The first-order valence-corrected chi connectivity index (χ1v) is 6.78. The second-order valence-corrected chi connectivity index (χ2v) is 7.22. The fourth-order valence-electron chi connectivity index (χ4n) is 3.73. The van der Waals surface area contributed by atoms with E-state index >= 15 is 0 Å². The van der Waals surface area contributed by atoms with E-state index in [1.54, 1.807) is 11.1 Å². The minimum atomic E-state index is 0.308. The lowest BCUT2D eigenvalue weighted by Gasteiger charge is -2.47. The highest BCUT2D eigenvalue weighted by molar-refractivity contribution is 5.48. The number of fused-ring (bicyclic) bond motifs is 1. The molecule has 0 heterocycles. The van der Waals surface area contributed by atoms with Crippen molar-refractivity contribution in [2.75, 3.05) is 0 Å². The molecule has 0 aromatic heterocycles. The van der Waals surface area contributed by atoms with Gasteiger partial charge < -0.3 is 0 Å². The Morgan fingerprint density at radius 3 is 2.24 bits per heavy atom. The van der Waals surface area contributed by atoms with Crippen LogP contribution in [-0.4, -0.2) is 0 Å². The van der Waals surface area contributed by atoms with Crippen LogP contribution in [0.25, 0.3) is 0 Å². The van der Waals surface area contributed by atoms with Gasteiger partial charge in [-0.25, -0.2) is 0 Å². The molecule has 0 nitrogen and oxygen atoms in total. The van der Waals surface area contributed by atoms with Gasteiger partial charge in [0, 0.05) is 0 Å². The predicted molar refractivity (Wildman–Crippen MR) is 75.7 cm³/mol. The first-order chi connectivity index (χ1) is 7.66. The zero-order valence-electron chi connectivity index (χ0n) is 12.4. The summed E-state index contributed by atoms with van der Waals surface area (Å²) in [5.41, 5.74) is 6.69. The maximum absolute atomic E-state index is 2.41. The molecule has 0 fully saturated rings. The molecular weight excluding hydrogens is 204 g/mol. The van der Waals surface area contributed by atoms with E-state index in [1.165, 1.54) is 17.5 Å². The maximum Gasteiger partial charge on any atom is -0.00721 e. The minimum absolute atomic E-state index is 0.308. The van der Waals surface area contributed by atoms with E-state index in [1.807, 2.05) is 0 Å². The predicted octanol–water partition coefficient (Wildman–Crippen LogP) is 4.90. The van der Waals surface area contributed by atoms with Crippen molar-refractivity contribution < 1.29 is 0 Å². The fourth-order valence-corrected chi connectivity index (χ4v) is 3.73. The normalized spacial score (nSPS) is 25.5. The molecule has 17 heavy (non-hydrogen) atoms. The molecule has 94 valence electrons. The Labute approximate surface area is 106 Å². The second kappa shape index (κ2) is 3.60. The SMILES string of the molecule is Cc1cc(C)c2c(c1)C(C)(C)CC(C)C2(C)C. The molecule has 0 saturated carbocycles. The van der Waals surface area contributed by atoms with Gasteiger partial charge in [0.1, 0.15) is 0 Å². The first-order valence-electron chi connectivity index (χ1n) is 6.78. The van der Waals surface area contributed by atoms with Gasteiger partial charge in [0.05, 0.1) is 0 Å². The Morgan fingerprint density at radius 2 is 1.65 bits per heavy atom. The molecule has 0 N–H and O–H groups in total. The lowest BCUT2D eigenvalue weighted by molar-refractivity contribution is 0.232. The van der Waals surface area contributed by atoms with Crippen LogP contribution in [0, 0.1) is 19.8 Å². The summed E-state index contributed by atoms with van der Waals surface area (Å²) in [6.45, 7) is 16.5. The zero-order chi connectivity index (χ0) is 13.0. The Morgan fingerprint density at radius 1 is 1.06 bits per heavy atom. The van der Waals surface area contributed by atoms with Crippen molar-refractivity contribution in [2.45, 2.75) is 65.7 Å². The number of hydrogen-bond acceptors (Lipinski definition) is 0. The average molecular weight is 230 g/mol. The molecule has 1 aromatic carbocycles. The molecule has 1 aliphatic carbocycles. The molecule has 1 unspecified atom stereocenters. The molecule has 0 amide bonds. The monoisotopic (exact) mass is 230 g/mol. The van der Waals surface area contributed by atoms with Crippen LogP contribution in [0.15, 0.2) is 12.1 Å².